The second-order valence-corrected chi connectivity index (χ2v) is 18.9. The summed E-state index contributed by atoms with van der Waals surface area (Å²) in [6, 6.07) is -0.635. The number of allylic oxidation sites excluding steroid dienone is 1. The van der Waals surface area contributed by atoms with Crippen LogP contribution in [0.15, 0.2) is 12.2 Å². The maximum Gasteiger partial charge on any atom is 0.305 e. The van der Waals surface area contributed by atoms with Crippen LogP contribution in [0, 0.1) is 0 Å². The predicted octanol–water partition coefficient (Wildman–Crippen LogP) is 16.5. The molecule has 362 valence electrons. The molecule has 0 aromatic carbocycles. The van der Waals surface area contributed by atoms with Crippen LogP contribution >= 0.6 is 0 Å². The summed E-state index contributed by atoms with van der Waals surface area (Å²) in [6.45, 7) is 4.89. The standard InChI is InChI=1S/C55H107NO5/c1-3-5-7-9-11-13-15-17-18-19-20-21-25-29-33-37-41-45-49-55(60)61-50-46-42-38-34-30-26-22-24-28-32-36-40-44-48-54(59)56-52(51-57)53(58)47-43-39-35-31-27-23-16-14-12-10-8-6-4-2/h43,47,52-53,57-58H,3-42,44-46,48-51H2,1-2H3,(H,56,59)/b47-43+. The molecule has 0 aromatic rings. The van der Waals surface area contributed by atoms with Crippen LogP contribution in [0.1, 0.15) is 303 Å². The molecule has 0 radical (unpaired) electrons. The van der Waals surface area contributed by atoms with Gasteiger partial charge < -0.3 is 20.3 Å². The van der Waals surface area contributed by atoms with Crippen LogP contribution in [0.2, 0.25) is 0 Å². The summed E-state index contributed by atoms with van der Waals surface area (Å²) in [5.41, 5.74) is 0. The van der Waals surface area contributed by atoms with E-state index in [2.05, 4.69) is 19.2 Å². The van der Waals surface area contributed by atoms with E-state index in [9.17, 15) is 19.8 Å². The Balaban J connectivity index is 3.43. The zero-order valence-corrected chi connectivity index (χ0v) is 41.2. The molecule has 0 fully saturated rings. The highest BCUT2D eigenvalue weighted by molar-refractivity contribution is 5.76. The number of aliphatic hydroxyl groups is 2. The molecule has 61 heavy (non-hydrogen) atoms. The van der Waals surface area contributed by atoms with Crippen LogP contribution in [0.25, 0.3) is 0 Å². The molecular weight excluding hydrogens is 755 g/mol. The molecule has 0 aliphatic rings. The van der Waals surface area contributed by atoms with Crippen molar-refractivity contribution >= 4 is 11.9 Å². The van der Waals surface area contributed by atoms with E-state index in [4.69, 9.17) is 4.74 Å². The molecule has 0 bridgehead atoms. The number of ether oxygens (including phenoxy) is 1. The van der Waals surface area contributed by atoms with E-state index >= 15 is 0 Å². The number of rotatable bonds is 51. The van der Waals surface area contributed by atoms with Gasteiger partial charge >= 0.3 is 5.97 Å². The maximum atomic E-state index is 12.4. The molecular formula is C55H107NO5. The Bertz CT molecular complexity index is 909. The van der Waals surface area contributed by atoms with Crippen LogP contribution in [-0.2, 0) is 14.3 Å². The zero-order valence-electron chi connectivity index (χ0n) is 41.2. The third-order valence-electron chi connectivity index (χ3n) is 12.8. The van der Waals surface area contributed by atoms with E-state index in [0.29, 0.717) is 19.4 Å². The number of nitrogens with one attached hydrogen (secondary N) is 1. The summed E-state index contributed by atoms with van der Waals surface area (Å²) in [6.07, 6.45) is 59.3. The first-order chi connectivity index (χ1) is 30.0. The predicted molar refractivity (Wildman–Crippen MR) is 264 cm³/mol. The number of hydrogen-bond donors (Lipinski definition) is 3. The second kappa shape index (κ2) is 51.2. The van der Waals surface area contributed by atoms with Gasteiger partial charge in [0.15, 0.2) is 0 Å². The average Bonchev–Trinajstić information content (AvgIpc) is 3.26. The first-order valence-electron chi connectivity index (χ1n) is 27.5. The molecule has 0 saturated carbocycles. The maximum absolute atomic E-state index is 12.4. The van der Waals surface area contributed by atoms with Crippen molar-refractivity contribution in [3.63, 3.8) is 0 Å². The Kier molecular flexibility index (Phi) is 50.1. The van der Waals surface area contributed by atoms with Crippen molar-refractivity contribution in [1.82, 2.24) is 5.32 Å². The normalized spacial score (nSPS) is 12.7. The van der Waals surface area contributed by atoms with Gasteiger partial charge in [0.1, 0.15) is 0 Å². The molecule has 6 nitrogen and oxygen atoms in total. The van der Waals surface area contributed by atoms with Crippen molar-refractivity contribution in [2.45, 2.75) is 315 Å². The largest absolute Gasteiger partial charge is 0.466 e. The fraction of sp³-hybridized carbons (Fsp3) is 0.927. The monoisotopic (exact) mass is 862 g/mol. The lowest BCUT2D eigenvalue weighted by Gasteiger charge is -2.20. The van der Waals surface area contributed by atoms with Crippen LogP contribution in [0.4, 0.5) is 0 Å². The lowest BCUT2D eigenvalue weighted by Crippen LogP contribution is -2.45. The summed E-state index contributed by atoms with van der Waals surface area (Å²) in [4.78, 5) is 24.5. The molecule has 3 N–H and O–H groups in total. The van der Waals surface area contributed by atoms with Gasteiger partial charge in [-0.05, 0) is 32.1 Å². The lowest BCUT2D eigenvalue weighted by atomic mass is 10.0. The molecule has 2 atom stereocenters. The van der Waals surface area contributed by atoms with Crippen molar-refractivity contribution < 1.29 is 24.5 Å². The fourth-order valence-corrected chi connectivity index (χ4v) is 8.58. The van der Waals surface area contributed by atoms with Crippen molar-refractivity contribution in [2.75, 3.05) is 13.2 Å². The molecule has 0 aliphatic carbocycles. The summed E-state index contributed by atoms with van der Waals surface area (Å²) in [7, 11) is 0. The van der Waals surface area contributed by atoms with E-state index in [0.717, 1.165) is 57.8 Å². The number of unbranched alkanes of at least 4 members (excludes halogenated alkanes) is 40. The number of carbonyl (C=O) groups is 2. The highest BCUT2D eigenvalue weighted by Crippen LogP contribution is 2.17. The Morgan fingerprint density at radius 2 is 0.754 bits per heavy atom. The Labute approximate surface area is 380 Å². The SMILES string of the molecule is CCCCCCCCCCCCC/C=C/C(O)C(CO)NC(=O)CCCCCCCCCCCCCCCOC(=O)CCCCCCCCCCCCCCCCCCCC. The van der Waals surface area contributed by atoms with Crippen LogP contribution < -0.4 is 5.32 Å². The number of esters is 1. The van der Waals surface area contributed by atoms with E-state index in [1.54, 1.807) is 6.08 Å². The van der Waals surface area contributed by atoms with Gasteiger partial charge in [0.05, 0.1) is 25.4 Å². The fourth-order valence-electron chi connectivity index (χ4n) is 8.58. The van der Waals surface area contributed by atoms with Crippen molar-refractivity contribution in [2.24, 2.45) is 0 Å². The molecule has 0 aliphatic heterocycles. The highest BCUT2D eigenvalue weighted by Gasteiger charge is 2.18. The molecule has 0 heterocycles. The van der Waals surface area contributed by atoms with E-state index < -0.39 is 12.1 Å². The van der Waals surface area contributed by atoms with Crippen molar-refractivity contribution in [1.29, 1.82) is 0 Å². The quantitative estimate of drug-likeness (QED) is 0.0322. The molecule has 6 heteroatoms. The number of amides is 1. The molecule has 0 saturated heterocycles. The minimum Gasteiger partial charge on any atom is -0.466 e. The number of aliphatic hydroxyl groups excluding tert-OH is 2. The van der Waals surface area contributed by atoms with Gasteiger partial charge in [0.25, 0.3) is 0 Å². The van der Waals surface area contributed by atoms with Gasteiger partial charge in [0.2, 0.25) is 5.91 Å². The first-order valence-corrected chi connectivity index (χ1v) is 27.5. The average molecular weight is 862 g/mol. The van der Waals surface area contributed by atoms with Gasteiger partial charge in [-0.3, -0.25) is 9.59 Å². The zero-order chi connectivity index (χ0) is 44.4. The molecule has 0 spiro atoms. The summed E-state index contributed by atoms with van der Waals surface area (Å²) in [5.74, 6) is -0.0820. The van der Waals surface area contributed by atoms with Crippen molar-refractivity contribution in [3.8, 4) is 0 Å². The molecule has 1 amide bonds. The van der Waals surface area contributed by atoms with E-state index in [-0.39, 0.29) is 18.5 Å². The smallest absolute Gasteiger partial charge is 0.305 e. The third kappa shape index (κ3) is 47.9. The van der Waals surface area contributed by atoms with Crippen LogP contribution in [0.5, 0.6) is 0 Å². The number of hydrogen-bond acceptors (Lipinski definition) is 5. The lowest BCUT2D eigenvalue weighted by molar-refractivity contribution is -0.143. The van der Waals surface area contributed by atoms with Gasteiger partial charge in [0, 0.05) is 12.8 Å². The second-order valence-electron chi connectivity index (χ2n) is 18.9. The molecule has 0 rings (SSSR count). The molecule has 2 unspecified atom stereocenters. The van der Waals surface area contributed by atoms with E-state index in [1.807, 2.05) is 6.08 Å². The minimum atomic E-state index is -0.851. The minimum absolute atomic E-state index is 0.00230. The summed E-state index contributed by atoms with van der Waals surface area (Å²) >= 11 is 0. The third-order valence-corrected chi connectivity index (χ3v) is 12.8. The van der Waals surface area contributed by atoms with Gasteiger partial charge in [-0.2, -0.15) is 0 Å². The highest BCUT2D eigenvalue weighted by atomic mass is 16.5. The van der Waals surface area contributed by atoms with Gasteiger partial charge in [-0.1, -0.05) is 270 Å². The van der Waals surface area contributed by atoms with Crippen molar-refractivity contribution in [3.05, 3.63) is 12.2 Å². The van der Waals surface area contributed by atoms with E-state index in [1.165, 1.54) is 218 Å². The Hall–Kier alpha value is -1.40. The number of carbonyl (C=O) groups excluding carboxylic acids is 2. The molecule has 0 aromatic heterocycles. The Morgan fingerprint density at radius 3 is 1.11 bits per heavy atom. The summed E-state index contributed by atoms with van der Waals surface area (Å²) < 4.78 is 5.48. The summed E-state index contributed by atoms with van der Waals surface area (Å²) in [5, 5.41) is 23.0. The van der Waals surface area contributed by atoms with Gasteiger partial charge in [-0.15, -0.1) is 0 Å². The topological polar surface area (TPSA) is 95.9 Å². The van der Waals surface area contributed by atoms with Crippen LogP contribution in [-0.4, -0.2) is 47.4 Å². The van der Waals surface area contributed by atoms with Crippen LogP contribution in [0.3, 0.4) is 0 Å². The van der Waals surface area contributed by atoms with Gasteiger partial charge in [-0.25, -0.2) is 0 Å². The Morgan fingerprint density at radius 1 is 0.443 bits per heavy atom. The first kappa shape index (κ1) is 59.6.